The van der Waals surface area contributed by atoms with Gasteiger partial charge < -0.3 is 5.73 Å². The largest absolute Gasteiger partial charge is 0.381 e. The van der Waals surface area contributed by atoms with Crippen molar-refractivity contribution < 1.29 is 8.42 Å². The molecule has 0 aliphatic heterocycles. The molecule has 0 amide bonds. The number of nitrogens with one attached hydrogen (secondary N) is 1. The SMILES string of the molecule is CCC(CC)(CC)NS(=O)(=O)c1c(N)nn(C)c1C. The fraction of sp³-hybridized carbons (Fsp3) is 0.750. The van der Waals surface area contributed by atoms with Crippen LogP contribution in [0.25, 0.3) is 0 Å². The molecule has 0 saturated carbocycles. The molecular formula is C12H24N4O2S. The number of hydrogen-bond acceptors (Lipinski definition) is 4. The minimum absolute atomic E-state index is 0.0460. The van der Waals surface area contributed by atoms with Crippen LogP contribution in [-0.4, -0.2) is 23.7 Å². The Balaban J connectivity index is 3.25. The normalized spacial score (nSPS) is 12.9. The van der Waals surface area contributed by atoms with E-state index in [4.69, 9.17) is 5.73 Å². The third-order valence-corrected chi connectivity index (χ3v) is 5.70. The zero-order valence-electron chi connectivity index (χ0n) is 12.3. The average Bonchev–Trinajstić information content (AvgIpc) is 2.61. The van der Waals surface area contributed by atoms with Crippen LogP contribution in [0.1, 0.15) is 45.7 Å². The number of anilines is 1. The molecule has 1 rings (SSSR count). The summed E-state index contributed by atoms with van der Waals surface area (Å²) in [6.07, 6.45) is 2.20. The van der Waals surface area contributed by atoms with E-state index < -0.39 is 15.6 Å². The first-order valence-electron chi connectivity index (χ1n) is 6.56. The highest BCUT2D eigenvalue weighted by Gasteiger charge is 2.33. The maximum Gasteiger partial charge on any atom is 0.246 e. The second-order valence-corrected chi connectivity index (χ2v) is 6.49. The van der Waals surface area contributed by atoms with Crippen LogP contribution in [0.3, 0.4) is 0 Å². The molecule has 0 saturated heterocycles. The first-order chi connectivity index (χ1) is 8.73. The molecule has 3 N–H and O–H groups in total. The Hall–Kier alpha value is -1.08. The molecule has 0 bridgehead atoms. The molecule has 0 unspecified atom stereocenters. The Morgan fingerprint density at radius 1 is 1.26 bits per heavy atom. The van der Waals surface area contributed by atoms with Gasteiger partial charge in [-0.1, -0.05) is 20.8 Å². The van der Waals surface area contributed by atoms with Crippen molar-refractivity contribution >= 4 is 15.8 Å². The van der Waals surface area contributed by atoms with Gasteiger partial charge in [-0.05, 0) is 26.2 Å². The van der Waals surface area contributed by atoms with E-state index in [-0.39, 0.29) is 10.7 Å². The van der Waals surface area contributed by atoms with Gasteiger partial charge in [0.05, 0.1) is 5.69 Å². The van der Waals surface area contributed by atoms with Gasteiger partial charge in [-0.15, -0.1) is 0 Å². The molecular weight excluding hydrogens is 264 g/mol. The van der Waals surface area contributed by atoms with Gasteiger partial charge in [-0.25, -0.2) is 13.1 Å². The standard InChI is InChI=1S/C12H24N4O2S/c1-6-12(7-2,8-3)15-19(17,18)10-9(4)16(5)14-11(10)13/h15H,6-8H2,1-5H3,(H2,13,14). The summed E-state index contributed by atoms with van der Waals surface area (Å²) < 4.78 is 29.4. The van der Waals surface area contributed by atoms with E-state index in [9.17, 15) is 8.42 Å². The number of nitrogens with zero attached hydrogens (tertiary/aromatic N) is 2. The maximum absolute atomic E-state index is 12.5. The summed E-state index contributed by atoms with van der Waals surface area (Å²) in [5.41, 5.74) is 5.84. The number of nitrogens with two attached hydrogens (primary N) is 1. The Labute approximate surface area is 115 Å². The number of aromatic nitrogens is 2. The molecule has 7 heteroatoms. The summed E-state index contributed by atoms with van der Waals surface area (Å²) in [4.78, 5) is 0.0923. The fourth-order valence-electron chi connectivity index (χ4n) is 2.25. The van der Waals surface area contributed by atoms with Gasteiger partial charge in [0.15, 0.2) is 5.82 Å². The minimum Gasteiger partial charge on any atom is -0.381 e. The molecule has 0 atom stereocenters. The number of hydrogen-bond donors (Lipinski definition) is 2. The van der Waals surface area contributed by atoms with Gasteiger partial charge in [0.2, 0.25) is 10.0 Å². The Morgan fingerprint density at radius 2 is 1.74 bits per heavy atom. The number of rotatable bonds is 6. The molecule has 0 fully saturated rings. The van der Waals surface area contributed by atoms with Crippen LogP contribution in [0.5, 0.6) is 0 Å². The third kappa shape index (κ3) is 2.92. The summed E-state index contributed by atoms with van der Waals surface area (Å²) >= 11 is 0. The van der Waals surface area contributed by atoms with Crippen molar-refractivity contribution in [3.05, 3.63) is 5.69 Å². The Morgan fingerprint density at radius 3 is 2.05 bits per heavy atom. The number of aryl methyl sites for hydroxylation is 1. The Kier molecular flexibility index (Phi) is 4.63. The van der Waals surface area contributed by atoms with Crippen LogP contribution < -0.4 is 10.5 Å². The predicted octanol–water partition coefficient (Wildman–Crippen LogP) is 1.56. The summed E-state index contributed by atoms with van der Waals surface area (Å²) in [7, 11) is -1.98. The van der Waals surface area contributed by atoms with Gasteiger partial charge in [0.25, 0.3) is 0 Å². The first kappa shape index (κ1) is 16.0. The quantitative estimate of drug-likeness (QED) is 0.831. The highest BCUT2D eigenvalue weighted by Crippen LogP contribution is 2.26. The van der Waals surface area contributed by atoms with Crippen LogP contribution in [0, 0.1) is 6.92 Å². The lowest BCUT2D eigenvalue weighted by Gasteiger charge is -2.31. The zero-order valence-corrected chi connectivity index (χ0v) is 13.1. The average molecular weight is 288 g/mol. The van der Waals surface area contributed by atoms with Crippen LogP contribution in [0.4, 0.5) is 5.82 Å². The molecule has 0 radical (unpaired) electrons. The van der Waals surface area contributed by atoms with Crippen molar-refractivity contribution in [1.29, 1.82) is 0 Å². The summed E-state index contributed by atoms with van der Waals surface area (Å²) in [6.45, 7) is 7.64. The summed E-state index contributed by atoms with van der Waals surface area (Å²) in [5.74, 6) is 0.0460. The number of sulfonamides is 1. The van der Waals surface area contributed by atoms with Crippen LogP contribution in [-0.2, 0) is 17.1 Å². The predicted molar refractivity (Wildman–Crippen MR) is 76.3 cm³/mol. The molecule has 19 heavy (non-hydrogen) atoms. The lowest BCUT2D eigenvalue weighted by Crippen LogP contribution is -2.47. The molecule has 0 aliphatic carbocycles. The van der Waals surface area contributed by atoms with Gasteiger partial charge >= 0.3 is 0 Å². The molecule has 1 aromatic heterocycles. The minimum atomic E-state index is -3.65. The molecule has 0 aromatic carbocycles. The van der Waals surface area contributed by atoms with Crippen LogP contribution >= 0.6 is 0 Å². The smallest absolute Gasteiger partial charge is 0.246 e. The number of nitrogen functional groups attached to an aromatic ring is 1. The van der Waals surface area contributed by atoms with Crippen LogP contribution in [0.15, 0.2) is 4.90 Å². The molecule has 0 spiro atoms. The van der Waals surface area contributed by atoms with E-state index in [1.54, 1.807) is 14.0 Å². The van der Waals surface area contributed by atoms with Gasteiger partial charge in [-0.2, -0.15) is 5.10 Å². The van der Waals surface area contributed by atoms with E-state index in [1.165, 1.54) is 4.68 Å². The van der Waals surface area contributed by atoms with Crippen molar-refractivity contribution in [2.75, 3.05) is 5.73 Å². The molecule has 6 nitrogen and oxygen atoms in total. The van der Waals surface area contributed by atoms with E-state index in [0.29, 0.717) is 5.69 Å². The fourth-order valence-corrected chi connectivity index (χ4v) is 4.19. The van der Waals surface area contributed by atoms with E-state index in [1.807, 2.05) is 20.8 Å². The molecule has 1 aromatic rings. The van der Waals surface area contributed by atoms with Gasteiger partial charge in [0.1, 0.15) is 4.90 Å². The van der Waals surface area contributed by atoms with Crippen molar-refractivity contribution in [1.82, 2.24) is 14.5 Å². The molecule has 110 valence electrons. The second-order valence-electron chi connectivity index (χ2n) is 4.87. The summed E-state index contributed by atoms with van der Waals surface area (Å²) in [5, 5.41) is 3.96. The molecule has 1 heterocycles. The third-order valence-electron chi connectivity index (χ3n) is 3.95. The van der Waals surface area contributed by atoms with Crippen molar-refractivity contribution in [3.8, 4) is 0 Å². The first-order valence-corrected chi connectivity index (χ1v) is 8.04. The molecule has 0 aliphatic rings. The van der Waals surface area contributed by atoms with Crippen molar-refractivity contribution in [2.24, 2.45) is 7.05 Å². The van der Waals surface area contributed by atoms with E-state index in [0.717, 1.165) is 19.3 Å². The summed E-state index contributed by atoms with van der Waals surface area (Å²) in [6, 6.07) is 0. The Bertz CT molecular complexity index is 536. The zero-order chi connectivity index (χ0) is 14.8. The lowest BCUT2D eigenvalue weighted by atomic mass is 9.91. The van der Waals surface area contributed by atoms with E-state index in [2.05, 4.69) is 9.82 Å². The monoisotopic (exact) mass is 288 g/mol. The van der Waals surface area contributed by atoms with Gasteiger partial charge in [-0.3, -0.25) is 4.68 Å². The highest BCUT2D eigenvalue weighted by molar-refractivity contribution is 7.89. The van der Waals surface area contributed by atoms with Crippen molar-refractivity contribution in [2.45, 2.75) is 57.4 Å². The maximum atomic E-state index is 12.5. The lowest BCUT2D eigenvalue weighted by molar-refractivity contribution is 0.341. The van der Waals surface area contributed by atoms with Crippen LogP contribution in [0.2, 0.25) is 0 Å². The van der Waals surface area contributed by atoms with E-state index >= 15 is 0 Å². The highest BCUT2D eigenvalue weighted by atomic mass is 32.2. The topological polar surface area (TPSA) is 90.0 Å². The van der Waals surface area contributed by atoms with Crippen molar-refractivity contribution in [3.63, 3.8) is 0 Å². The second kappa shape index (κ2) is 5.50. The van der Waals surface area contributed by atoms with Gasteiger partial charge in [0, 0.05) is 12.6 Å².